The Morgan fingerprint density at radius 1 is 0.923 bits per heavy atom. The van der Waals surface area contributed by atoms with E-state index in [1.54, 1.807) is 20.3 Å². The van der Waals surface area contributed by atoms with Gasteiger partial charge in [0.15, 0.2) is 11.5 Å². The van der Waals surface area contributed by atoms with Gasteiger partial charge in [0.05, 0.1) is 31.2 Å². The Balaban J connectivity index is 2.13. The largest absolute Gasteiger partial charge is 0.495 e. The molecule has 0 amide bonds. The first-order valence-electron chi connectivity index (χ1n) is 7.84. The van der Waals surface area contributed by atoms with Crippen molar-refractivity contribution in [2.75, 3.05) is 34.9 Å². The summed E-state index contributed by atoms with van der Waals surface area (Å²) in [6.45, 7) is 0.307. The maximum atomic E-state index is 12.7. The lowest BCUT2D eigenvalue weighted by Crippen LogP contribution is -2.29. The van der Waals surface area contributed by atoms with Crippen molar-refractivity contribution in [2.24, 2.45) is 0 Å². The zero-order chi connectivity index (χ0) is 19.3. The highest BCUT2D eigenvalue weighted by Crippen LogP contribution is 2.29. The van der Waals surface area contributed by atoms with Crippen LogP contribution in [0, 0.1) is 0 Å². The number of nitrogens with zero attached hydrogens (tertiary/aromatic N) is 1. The highest BCUT2D eigenvalue weighted by Gasteiger charge is 2.22. The standard InChI is InChI=1S/C18H22ClNO5S/c1-20(10-9-13-5-7-17(24-3)18(11-13)25-4)26(21,22)14-6-8-16(23-2)15(19)12-14/h5-8,11-12H,9-10H2,1-4H3. The maximum Gasteiger partial charge on any atom is 0.242 e. The van der Waals surface area contributed by atoms with Crippen molar-refractivity contribution in [1.82, 2.24) is 4.31 Å². The summed E-state index contributed by atoms with van der Waals surface area (Å²) in [6.07, 6.45) is 0.528. The highest BCUT2D eigenvalue weighted by molar-refractivity contribution is 7.89. The SMILES string of the molecule is COc1ccc(S(=O)(=O)N(C)CCc2ccc(OC)c(OC)c2)cc1Cl. The molecule has 0 radical (unpaired) electrons. The molecule has 0 bridgehead atoms. The van der Waals surface area contributed by atoms with Crippen molar-refractivity contribution in [2.45, 2.75) is 11.3 Å². The summed E-state index contributed by atoms with van der Waals surface area (Å²) in [5.41, 5.74) is 0.942. The fourth-order valence-electron chi connectivity index (χ4n) is 2.43. The second kappa shape index (κ2) is 8.62. The van der Waals surface area contributed by atoms with Crippen LogP contribution in [0.2, 0.25) is 5.02 Å². The van der Waals surface area contributed by atoms with Gasteiger partial charge in [-0.1, -0.05) is 17.7 Å². The zero-order valence-electron chi connectivity index (χ0n) is 15.2. The maximum absolute atomic E-state index is 12.7. The Bertz CT molecular complexity index is 870. The van der Waals surface area contributed by atoms with E-state index in [2.05, 4.69) is 0 Å². The van der Waals surface area contributed by atoms with Crippen molar-refractivity contribution in [3.05, 3.63) is 47.0 Å². The second-order valence-electron chi connectivity index (χ2n) is 5.56. The summed E-state index contributed by atoms with van der Waals surface area (Å²) in [7, 11) is 2.49. The van der Waals surface area contributed by atoms with Gasteiger partial charge in [0, 0.05) is 13.6 Å². The predicted molar refractivity (Wildman–Crippen MR) is 101 cm³/mol. The van der Waals surface area contributed by atoms with Crippen LogP contribution in [0.5, 0.6) is 17.2 Å². The summed E-state index contributed by atoms with van der Waals surface area (Å²) < 4.78 is 42.2. The number of hydrogen-bond donors (Lipinski definition) is 0. The molecule has 0 aliphatic rings. The van der Waals surface area contributed by atoms with Gasteiger partial charge in [0.25, 0.3) is 0 Å². The van der Waals surface area contributed by atoms with E-state index in [-0.39, 0.29) is 9.92 Å². The fraction of sp³-hybridized carbons (Fsp3) is 0.333. The van der Waals surface area contributed by atoms with Gasteiger partial charge in [-0.25, -0.2) is 12.7 Å². The second-order valence-corrected chi connectivity index (χ2v) is 8.01. The van der Waals surface area contributed by atoms with E-state index in [0.29, 0.717) is 30.2 Å². The van der Waals surface area contributed by atoms with Crippen LogP contribution >= 0.6 is 11.6 Å². The van der Waals surface area contributed by atoms with Gasteiger partial charge in [-0.05, 0) is 42.3 Å². The number of methoxy groups -OCH3 is 3. The normalized spacial score (nSPS) is 11.5. The minimum absolute atomic E-state index is 0.123. The van der Waals surface area contributed by atoms with Gasteiger partial charge < -0.3 is 14.2 Å². The Labute approximate surface area is 159 Å². The molecule has 0 aliphatic heterocycles. The lowest BCUT2D eigenvalue weighted by Gasteiger charge is -2.18. The molecule has 2 aromatic carbocycles. The molecule has 0 fully saturated rings. The van der Waals surface area contributed by atoms with Gasteiger partial charge in [0.2, 0.25) is 10.0 Å². The minimum atomic E-state index is -3.65. The fourth-order valence-corrected chi connectivity index (χ4v) is 3.95. The van der Waals surface area contributed by atoms with Crippen LogP contribution in [0.4, 0.5) is 0 Å². The molecule has 142 valence electrons. The van der Waals surface area contributed by atoms with Crippen LogP contribution < -0.4 is 14.2 Å². The van der Waals surface area contributed by atoms with E-state index in [0.717, 1.165) is 5.56 Å². The number of benzene rings is 2. The molecule has 0 N–H and O–H groups in total. The summed E-state index contributed by atoms with van der Waals surface area (Å²) in [5, 5.41) is 0.252. The third-order valence-corrected chi connectivity index (χ3v) is 6.14. The number of halogens is 1. The first kappa shape index (κ1) is 20.4. The van der Waals surface area contributed by atoms with E-state index in [9.17, 15) is 8.42 Å². The quantitative estimate of drug-likeness (QED) is 0.681. The van der Waals surface area contributed by atoms with Crippen molar-refractivity contribution in [3.63, 3.8) is 0 Å². The smallest absolute Gasteiger partial charge is 0.242 e. The van der Waals surface area contributed by atoms with E-state index in [4.69, 9.17) is 25.8 Å². The highest BCUT2D eigenvalue weighted by atomic mass is 35.5. The molecular formula is C18H22ClNO5S. The van der Waals surface area contributed by atoms with Gasteiger partial charge >= 0.3 is 0 Å². The van der Waals surface area contributed by atoms with Crippen LogP contribution in [-0.2, 0) is 16.4 Å². The number of hydrogen-bond acceptors (Lipinski definition) is 5. The van der Waals surface area contributed by atoms with Crippen molar-refractivity contribution in [1.29, 1.82) is 0 Å². The Hall–Kier alpha value is -1.96. The number of ether oxygens (including phenoxy) is 3. The number of sulfonamides is 1. The number of likely N-dealkylation sites (N-methyl/N-ethyl adjacent to an activating group) is 1. The molecule has 26 heavy (non-hydrogen) atoms. The Morgan fingerprint density at radius 2 is 1.54 bits per heavy atom. The van der Waals surface area contributed by atoms with E-state index in [1.807, 2.05) is 12.1 Å². The van der Waals surface area contributed by atoms with Crippen LogP contribution in [0.15, 0.2) is 41.3 Å². The van der Waals surface area contributed by atoms with Crippen molar-refractivity contribution >= 4 is 21.6 Å². The summed E-state index contributed by atoms with van der Waals surface area (Å²) in [4.78, 5) is 0.123. The van der Waals surface area contributed by atoms with Gasteiger partial charge in [-0.15, -0.1) is 0 Å². The lowest BCUT2D eigenvalue weighted by atomic mass is 10.1. The topological polar surface area (TPSA) is 65.1 Å². The molecule has 0 saturated heterocycles. The molecule has 0 atom stereocenters. The lowest BCUT2D eigenvalue weighted by molar-refractivity contribution is 0.354. The van der Waals surface area contributed by atoms with Gasteiger partial charge in [0.1, 0.15) is 5.75 Å². The molecule has 0 aromatic heterocycles. The zero-order valence-corrected chi connectivity index (χ0v) is 16.7. The number of rotatable bonds is 8. The monoisotopic (exact) mass is 399 g/mol. The first-order chi connectivity index (χ1) is 12.3. The molecule has 0 aliphatic carbocycles. The van der Waals surface area contributed by atoms with Crippen molar-refractivity contribution in [3.8, 4) is 17.2 Å². The van der Waals surface area contributed by atoms with Crippen molar-refractivity contribution < 1.29 is 22.6 Å². The van der Waals surface area contributed by atoms with E-state index in [1.165, 1.54) is 36.7 Å². The van der Waals surface area contributed by atoms with Crippen LogP contribution in [0.1, 0.15) is 5.56 Å². The van der Waals surface area contributed by atoms with Gasteiger partial charge in [-0.2, -0.15) is 0 Å². The van der Waals surface area contributed by atoms with Crippen LogP contribution in [0.25, 0.3) is 0 Å². The van der Waals surface area contributed by atoms with Crippen LogP contribution in [-0.4, -0.2) is 47.6 Å². The minimum Gasteiger partial charge on any atom is -0.495 e. The summed E-state index contributed by atoms with van der Waals surface area (Å²) >= 11 is 6.04. The molecule has 6 nitrogen and oxygen atoms in total. The molecule has 0 unspecified atom stereocenters. The third-order valence-electron chi connectivity index (χ3n) is 3.99. The molecular weight excluding hydrogens is 378 g/mol. The molecule has 0 heterocycles. The van der Waals surface area contributed by atoms with Gasteiger partial charge in [-0.3, -0.25) is 0 Å². The third kappa shape index (κ3) is 4.41. The van der Waals surface area contributed by atoms with E-state index >= 15 is 0 Å². The molecule has 0 saturated carbocycles. The summed E-state index contributed by atoms with van der Waals surface area (Å²) in [6, 6.07) is 9.93. The molecule has 2 rings (SSSR count). The Kier molecular flexibility index (Phi) is 6.75. The average molecular weight is 400 g/mol. The molecule has 0 spiro atoms. The molecule has 8 heteroatoms. The van der Waals surface area contributed by atoms with E-state index < -0.39 is 10.0 Å². The predicted octanol–water partition coefficient (Wildman–Crippen LogP) is 3.23. The Morgan fingerprint density at radius 3 is 2.12 bits per heavy atom. The summed E-state index contributed by atoms with van der Waals surface area (Å²) in [5.74, 6) is 1.67. The molecule has 2 aromatic rings. The average Bonchev–Trinajstić information content (AvgIpc) is 2.65. The van der Waals surface area contributed by atoms with Crippen LogP contribution in [0.3, 0.4) is 0 Å². The first-order valence-corrected chi connectivity index (χ1v) is 9.66.